The highest BCUT2D eigenvalue weighted by molar-refractivity contribution is 5.21. The van der Waals surface area contributed by atoms with Gasteiger partial charge in [0.25, 0.3) is 0 Å². The van der Waals surface area contributed by atoms with Crippen LogP contribution in [-0.4, -0.2) is 31.1 Å². The van der Waals surface area contributed by atoms with Crippen LogP contribution < -0.4 is 5.32 Å². The maximum Gasteiger partial charge on any atom is 0.0208 e. The summed E-state index contributed by atoms with van der Waals surface area (Å²) in [6.07, 6.45) is 0. The van der Waals surface area contributed by atoms with Crippen molar-refractivity contribution < 1.29 is 0 Å². The Bertz CT molecular complexity index is 309. The Hall–Kier alpha value is -0.860. The fourth-order valence-electron chi connectivity index (χ4n) is 1.78. The minimum absolute atomic E-state index is 0.533. The van der Waals surface area contributed by atoms with Gasteiger partial charge < -0.3 is 10.2 Å². The molecule has 0 saturated heterocycles. The second kappa shape index (κ2) is 6.66. The van der Waals surface area contributed by atoms with E-state index in [9.17, 15) is 0 Å². The van der Waals surface area contributed by atoms with Crippen LogP contribution in [0.5, 0.6) is 0 Å². The molecule has 0 aliphatic carbocycles. The van der Waals surface area contributed by atoms with Crippen molar-refractivity contribution >= 4 is 0 Å². The SMILES string of the molecule is CCN(C)CC(C)NCc1cccc(C)c1. The van der Waals surface area contributed by atoms with Crippen molar-refractivity contribution in [2.24, 2.45) is 0 Å². The summed E-state index contributed by atoms with van der Waals surface area (Å²) in [4.78, 5) is 2.33. The minimum Gasteiger partial charge on any atom is -0.309 e. The first-order valence-electron chi connectivity index (χ1n) is 6.09. The summed E-state index contributed by atoms with van der Waals surface area (Å²) >= 11 is 0. The molecule has 1 N–H and O–H groups in total. The Balaban J connectivity index is 2.34. The molecule has 0 fully saturated rings. The first kappa shape index (κ1) is 13.2. The smallest absolute Gasteiger partial charge is 0.0208 e. The molecular formula is C14H24N2. The zero-order valence-corrected chi connectivity index (χ0v) is 11.0. The van der Waals surface area contributed by atoms with E-state index in [1.807, 2.05) is 0 Å². The van der Waals surface area contributed by atoms with Gasteiger partial charge in [0.2, 0.25) is 0 Å². The number of hydrogen-bond donors (Lipinski definition) is 1. The van der Waals surface area contributed by atoms with Crippen molar-refractivity contribution in [3.8, 4) is 0 Å². The first-order chi connectivity index (χ1) is 7.61. The van der Waals surface area contributed by atoms with Crippen LogP contribution in [0.25, 0.3) is 0 Å². The van der Waals surface area contributed by atoms with E-state index in [1.165, 1.54) is 11.1 Å². The van der Waals surface area contributed by atoms with Crippen molar-refractivity contribution in [2.45, 2.75) is 33.4 Å². The molecule has 0 amide bonds. The zero-order chi connectivity index (χ0) is 12.0. The van der Waals surface area contributed by atoms with Crippen LogP contribution in [0.15, 0.2) is 24.3 Å². The van der Waals surface area contributed by atoms with E-state index >= 15 is 0 Å². The summed E-state index contributed by atoms with van der Waals surface area (Å²) in [6, 6.07) is 9.21. The molecule has 1 rings (SSSR count). The molecule has 0 radical (unpaired) electrons. The Morgan fingerprint density at radius 1 is 1.38 bits per heavy atom. The summed E-state index contributed by atoms with van der Waals surface area (Å²) in [6.45, 7) is 9.73. The van der Waals surface area contributed by atoms with Crippen molar-refractivity contribution in [3.05, 3.63) is 35.4 Å². The monoisotopic (exact) mass is 220 g/mol. The number of nitrogens with zero attached hydrogens (tertiary/aromatic N) is 1. The lowest BCUT2D eigenvalue weighted by molar-refractivity contribution is 0.309. The number of aryl methyl sites for hydroxylation is 1. The average Bonchev–Trinajstić information content (AvgIpc) is 2.26. The molecule has 0 saturated carbocycles. The molecule has 0 aromatic heterocycles. The molecular weight excluding hydrogens is 196 g/mol. The van der Waals surface area contributed by atoms with Gasteiger partial charge in [-0.05, 0) is 33.0 Å². The lowest BCUT2D eigenvalue weighted by Gasteiger charge is -2.20. The molecule has 0 spiro atoms. The van der Waals surface area contributed by atoms with Crippen molar-refractivity contribution in [1.29, 1.82) is 0 Å². The molecule has 0 heterocycles. The van der Waals surface area contributed by atoms with Gasteiger partial charge in [-0.1, -0.05) is 36.8 Å². The molecule has 0 aliphatic heterocycles. The molecule has 0 aliphatic rings. The van der Waals surface area contributed by atoms with Gasteiger partial charge in [0.1, 0.15) is 0 Å². The van der Waals surface area contributed by atoms with Crippen LogP contribution in [0.2, 0.25) is 0 Å². The third-order valence-electron chi connectivity index (χ3n) is 2.86. The summed E-state index contributed by atoms with van der Waals surface area (Å²) in [5.74, 6) is 0. The summed E-state index contributed by atoms with van der Waals surface area (Å²) < 4.78 is 0. The number of nitrogens with one attached hydrogen (secondary N) is 1. The van der Waals surface area contributed by atoms with Crippen LogP contribution in [0.1, 0.15) is 25.0 Å². The Morgan fingerprint density at radius 2 is 2.12 bits per heavy atom. The van der Waals surface area contributed by atoms with Crippen molar-refractivity contribution in [3.63, 3.8) is 0 Å². The maximum absolute atomic E-state index is 3.55. The van der Waals surface area contributed by atoms with E-state index in [0.717, 1.165) is 19.6 Å². The standard InChI is InChI=1S/C14H24N2/c1-5-16(4)11-13(3)15-10-14-8-6-7-12(2)9-14/h6-9,13,15H,5,10-11H2,1-4H3. The van der Waals surface area contributed by atoms with Gasteiger partial charge in [-0.15, -0.1) is 0 Å². The predicted octanol–water partition coefficient (Wildman–Crippen LogP) is 2.42. The molecule has 16 heavy (non-hydrogen) atoms. The van der Waals surface area contributed by atoms with Crippen molar-refractivity contribution in [2.75, 3.05) is 20.1 Å². The van der Waals surface area contributed by atoms with E-state index in [4.69, 9.17) is 0 Å². The van der Waals surface area contributed by atoms with E-state index in [1.54, 1.807) is 0 Å². The second-order valence-electron chi connectivity index (χ2n) is 4.63. The third kappa shape index (κ3) is 4.77. The van der Waals surface area contributed by atoms with Crippen molar-refractivity contribution in [1.82, 2.24) is 10.2 Å². The molecule has 0 bridgehead atoms. The van der Waals surface area contributed by atoms with Gasteiger partial charge in [-0.2, -0.15) is 0 Å². The predicted molar refractivity (Wildman–Crippen MR) is 70.7 cm³/mol. The quantitative estimate of drug-likeness (QED) is 0.792. The molecule has 2 nitrogen and oxygen atoms in total. The van der Waals surface area contributed by atoms with E-state index in [-0.39, 0.29) is 0 Å². The molecule has 1 unspecified atom stereocenters. The fourth-order valence-corrected chi connectivity index (χ4v) is 1.78. The van der Waals surface area contributed by atoms with E-state index in [2.05, 4.69) is 62.3 Å². The van der Waals surface area contributed by atoms with Crippen LogP contribution in [0, 0.1) is 6.92 Å². The number of rotatable bonds is 6. The van der Waals surface area contributed by atoms with Gasteiger partial charge in [-0.25, -0.2) is 0 Å². The molecule has 90 valence electrons. The normalized spacial score (nSPS) is 13.1. The van der Waals surface area contributed by atoms with Crippen LogP contribution in [-0.2, 0) is 6.54 Å². The third-order valence-corrected chi connectivity index (χ3v) is 2.86. The van der Waals surface area contributed by atoms with Crippen LogP contribution in [0.3, 0.4) is 0 Å². The average molecular weight is 220 g/mol. The number of hydrogen-bond acceptors (Lipinski definition) is 2. The Morgan fingerprint density at radius 3 is 2.75 bits per heavy atom. The highest BCUT2D eigenvalue weighted by Crippen LogP contribution is 2.03. The summed E-state index contributed by atoms with van der Waals surface area (Å²) in [5.41, 5.74) is 2.70. The molecule has 1 aromatic carbocycles. The second-order valence-corrected chi connectivity index (χ2v) is 4.63. The topological polar surface area (TPSA) is 15.3 Å². The largest absolute Gasteiger partial charge is 0.309 e. The highest BCUT2D eigenvalue weighted by atomic mass is 15.1. The van der Waals surface area contributed by atoms with E-state index < -0.39 is 0 Å². The zero-order valence-electron chi connectivity index (χ0n) is 11.0. The van der Waals surface area contributed by atoms with Gasteiger partial charge in [-0.3, -0.25) is 0 Å². The summed E-state index contributed by atoms with van der Waals surface area (Å²) in [5, 5.41) is 3.55. The van der Waals surface area contributed by atoms with E-state index in [0.29, 0.717) is 6.04 Å². The molecule has 1 atom stereocenters. The van der Waals surface area contributed by atoms with Gasteiger partial charge in [0.15, 0.2) is 0 Å². The van der Waals surface area contributed by atoms with Crippen LogP contribution >= 0.6 is 0 Å². The van der Waals surface area contributed by atoms with Crippen LogP contribution in [0.4, 0.5) is 0 Å². The number of likely N-dealkylation sites (N-methyl/N-ethyl adjacent to an activating group) is 1. The lowest BCUT2D eigenvalue weighted by atomic mass is 10.1. The van der Waals surface area contributed by atoms with Gasteiger partial charge in [0, 0.05) is 19.1 Å². The minimum atomic E-state index is 0.533. The molecule has 2 heteroatoms. The number of benzene rings is 1. The fraction of sp³-hybridized carbons (Fsp3) is 0.571. The molecule has 1 aromatic rings. The summed E-state index contributed by atoms with van der Waals surface area (Å²) in [7, 11) is 2.16. The highest BCUT2D eigenvalue weighted by Gasteiger charge is 2.04. The Kier molecular flexibility index (Phi) is 5.50. The maximum atomic E-state index is 3.55. The van der Waals surface area contributed by atoms with Gasteiger partial charge in [0.05, 0.1) is 0 Å². The first-order valence-corrected chi connectivity index (χ1v) is 6.09. The van der Waals surface area contributed by atoms with Gasteiger partial charge >= 0.3 is 0 Å². The lowest BCUT2D eigenvalue weighted by Crippen LogP contribution is -2.36. The Labute approximate surface area is 99.7 Å².